The van der Waals surface area contributed by atoms with Crippen molar-refractivity contribution in [2.24, 2.45) is 0 Å². The molecule has 1 N–H and O–H groups in total. The van der Waals surface area contributed by atoms with Crippen molar-refractivity contribution in [3.05, 3.63) is 42.4 Å². The van der Waals surface area contributed by atoms with E-state index in [0.717, 1.165) is 24.5 Å². The molecule has 2 aromatic rings. The number of piperidine rings is 1. The number of carbonyl (C=O) groups excluding carboxylic acids is 1. The topological polar surface area (TPSA) is 95.3 Å². The normalized spacial score (nSPS) is 20.4. The first kappa shape index (κ1) is 17.2. The monoisotopic (exact) mass is 342 g/mol. The Morgan fingerprint density at radius 3 is 2.92 bits per heavy atom. The van der Waals surface area contributed by atoms with Crippen molar-refractivity contribution in [2.75, 3.05) is 31.6 Å². The average Bonchev–Trinajstić information content (AvgIpc) is 2.61. The van der Waals surface area contributed by atoms with Crippen molar-refractivity contribution >= 4 is 11.7 Å². The number of hydrogen-bond donors (Lipinski definition) is 1. The first-order valence-corrected chi connectivity index (χ1v) is 8.24. The van der Waals surface area contributed by atoms with Crippen LogP contribution in [0, 0.1) is 6.92 Å². The van der Waals surface area contributed by atoms with E-state index in [1.165, 1.54) is 29.8 Å². The van der Waals surface area contributed by atoms with E-state index >= 15 is 0 Å². The second kappa shape index (κ2) is 7.10. The number of rotatable bonds is 4. The van der Waals surface area contributed by atoms with Crippen LogP contribution >= 0.6 is 0 Å². The summed E-state index contributed by atoms with van der Waals surface area (Å²) in [5, 5.41) is 11.0. The van der Waals surface area contributed by atoms with Gasteiger partial charge in [-0.25, -0.2) is 15.0 Å². The maximum absolute atomic E-state index is 12.4. The Balaban J connectivity index is 1.69. The zero-order valence-corrected chi connectivity index (χ0v) is 14.5. The summed E-state index contributed by atoms with van der Waals surface area (Å²) in [7, 11) is 1.67. The lowest BCUT2D eigenvalue weighted by Gasteiger charge is -2.41. The minimum atomic E-state index is -0.996. The van der Waals surface area contributed by atoms with Gasteiger partial charge in [0.2, 0.25) is 0 Å². The largest absolute Gasteiger partial charge is 0.386 e. The molecule has 0 unspecified atom stereocenters. The van der Waals surface area contributed by atoms with E-state index in [1.54, 1.807) is 7.05 Å². The maximum atomic E-state index is 12.4. The smallest absolute Gasteiger partial charge is 0.273 e. The van der Waals surface area contributed by atoms with Crippen molar-refractivity contribution < 1.29 is 9.90 Å². The third kappa shape index (κ3) is 4.08. The first-order chi connectivity index (χ1) is 12.0. The predicted molar refractivity (Wildman–Crippen MR) is 92.2 cm³/mol. The molecule has 1 atom stereocenters. The summed E-state index contributed by atoms with van der Waals surface area (Å²) in [5.41, 5.74) is 0.158. The van der Waals surface area contributed by atoms with Crippen LogP contribution in [-0.4, -0.2) is 68.1 Å². The van der Waals surface area contributed by atoms with Gasteiger partial charge in [-0.05, 0) is 19.8 Å². The van der Waals surface area contributed by atoms with Crippen LogP contribution in [0.3, 0.4) is 0 Å². The van der Waals surface area contributed by atoms with Gasteiger partial charge in [0.25, 0.3) is 5.91 Å². The molecule has 1 aliphatic rings. The lowest BCUT2D eigenvalue weighted by Crippen LogP contribution is -2.55. The lowest BCUT2D eigenvalue weighted by molar-refractivity contribution is -0.000298. The second-order valence-electron chi connectivity index (χ2n) is 6.52. The van der Waals surface area contributed by atoms with Crippen LogP contribution in [0.15, 0.2) is 31.0 Å². The predicted octanol–water partition coefficient (Wildman–Crippen LogP) is 0.679. The molecule has 1 amide bonds. The Labute approximate surface area is 146 Å². The van der Waals surface area contributed by atoms with Crippen LogP contribution in [0.5, 0.6) is 0 Å². The molecule has 3 rings (SSSR count). The first-order valence-electron chi connectivity index (χ1n) is 8.24. The highest BCUT2D eigenvalue weighted by Gasteiger charge is 2.36. The van der Waals surface area contributed by atoms with Gasteiger partial charge in [0.05, 0.1) is 18.3 Å². The number of β-amino-alcohol motifs (C(OH)–C–C–N with tert-alkyl or cyclic N) is 1. The van der Waals surface area contributed by atoms with Crippen molar-refractivity contribution in [3.8, 4) is 0 Å². The molecular weight excluding hydrogens is 320 g/mol. The zero-order chi connectivity index (χ0) is 17.9. The zero-order valence-electron chi connectivity index (χ0n) is 14.5. The van der Waals surface area contributed by atoms with Crippen molar-refractivity contribution in [1.82, 2.24) is 24.8 Å². The summed E-state index contributed by atoms with van der Waals surface area (Å²) in [5.74, 6) is 0.546. The van der Waals surface area contributed by atoms with Crippen LogP contribution in [0.2, 0.25) is 0 Å². The van der Waals surface area contributed by atoms with Gasteiger partial charge in [-0.1, -0.05) is 0 Å². The molecule has 8 nitrogen and oxygen atoms in total. The van der Waals surface area contributed by atoms with E-state index in [4.69, 9.17) is 0 Å². The molecule has 2 aromatic heterocycles. The third-order valence-electron chi connectivity index (χ3n) is 4.33. The van der Waals surface area contributed by atoms with Gasteiger partial charge in [0.15, 0.2) is 0 Å². The van der Waals surface area contributed by atoms with Gasteiger partial charge < -0.3 is 14.9 Å². The summed E-state index contributed by atoms with van der Waals surface area (Å²) in [6.45, 7) is 3.37. The van der Waals surface area contributed by atoms with E-state index in [9.17, 15) is 9.90 Å². The highest BCUT2D eigenvalue weighted by atomic mass is 16.3. The Bertz CT molecular complexity index is 741. The number of likely N-dealkylation sites (N-methyl/N-ethyl adjacent to an activating group) is 1. The minimum Gasteiger partial charge on any atom is -0.386 e. The summed E-state index contributed by atoms with van der Waals surface area (Å²) in [6.07, 6.45) is 7.42. The van der Waals surface area contributed by atoms with E-state index in [2.05, 4.69) is 19.9 Å². The number of amides is 1. The van der Waals surface area contributed by atoms with Crippen LogP contribution in [0.4, 0.5) is 5.82 Å². The van der Waals surface area contributed by atoms with Crippen LogP contribution in [-0.2, 0) is 0 Å². The Morgan fingerprint density at radius 1 is 1.36 bits per heavy atom. The number of aliphatic hydroxyl groups is 1. The number of aromatic nitrogens is 4. The number of anilines is 1. The van der Waals surface area contributed by atoms with Gasteiger partial charge in [0, 0.05) is 44.3 Å². The molecule has 8 heteroatoms. The van der Waals surface area contributed by atoms with E-state index in [0.29, 0.717) is 13.0 Å². The molecule has 1 saturated heterocycles. The van der Waals surface area contributed by atoms with Gasteiger partial charge >= 0.3 is 0 Å². The quantitative estimate of drug-likeness (QED) is 0.873. The molecule has 0 radical (unpaired) electrons. The third-order valence-corrected chi connectivity index (χ3v) is 4.33. The Morgan fingerprint density at radius 2 is 2.20 bits per heavy atom. The molecule has 1 aliphatic heterocycles. The van der Waals surface area contributed by atoms with Crippen LogP contribution in [0.25, 0.3) is 0 Å². The molecule has 0 saturated carbocycles. The lowest BCUT2D eigenvalue weighted by atomic mass is 9.92. The molecule has 0 aliphatic carbocycles. The molecular formula is C17H22N6O2. The number of carbonyl (C=O) groups is 1. The van der Waals surface area contributed by atoms with E-state index in [-0.39, 0.29) is 18.1 Å². The SMILES string of the molecule is Cc1cc(N2CCC[C@](O)(CN(C)C(=O)c3cnccn3)C2)ncn1. The van der Waals surface area contributed by atoms with E-state index in [1.807, 2.05) is 17.9 Å². The summed E-state index contributed by atoms with van der Waals surface area (Å²) in [4.78, 5) is 32.3. The summed E-state index contributed by atoms with van der Waals surface area (Å²) < 4.78 is 0. The molecule has 25 heavy (non-hydrogen) atoms. The molecule has 1 fully saturated rings. The number of nitrogens with zero attached hydrogens (tertiary/aromatic N) is 6. The summed E-state index contributed by atoms with van der Waals surface area (Å²) in [6, 6.07) is 1.90. The molecule has 132 valence electrons. The number of aryl methyl sites for hydroxylation is 1. The van der Waals surface area contributed by atoms with Gasteiger partial charge in [-0.2, -0.15) is 0 Å². The van der Waals surface area contributed by atoms with Gasteiger partial charge in [-0.15, -0.1) is 0 Å². The highest BCUT2D eigenvalue weighted by molar-refractivity contribution is 5.91. The van der Waals surface area contributed by atoms with Gasteiger partial charge in [0.1, 0.15) is 17.8 Å². The molecule has 0 bridgehead atoms. The van der Waals surface area contributed by atoms with Crippen LogP contribution < -0.4 is 4.90 Å². The fourth-order valence-corrected chi connectivity index (χ4v) is 3.17. The number of hydrogen-bond acceptors (Lipinski definition) is 7. The van der Waals surface area contributed by atoms with E-state index < -0.39 is 5.60 Å². The maximum Gasteiger partial charge on any atom is 0.273 e. The molecule has 0 spiro atoms. The summed E-state index contributed by atoms with van der Waals surface area (Å²) >= 11 is 0. The van der Waals surface area contributed by atoms with Crippen molar-refractivity contribution in [1.29, 1.82) is 0 Å². The standard InChI is InChI=1S/C17H22N6O2/c1-13-8-15(21-12-20-13)23-7-3-4-17(25,11-23)10-22(2)16(24)14-9-18-5-6-19-14/h5-6,8-9,12,25H,3-4,7,10-11H2,1-2H3/t17-/m0/s1. The molecule has 3 heterocycles. The molecule has 0 aromatic carbocycles. The minimum absolute atomic E-state index is 0.225. The average molecular weight is 342 g/mol. The second-order valence-corrected chi connectivity index (χ2v) is 6.52. The van der Waals surface area contributed by atoms with Crippen molar-refractivity contribution in [2.45, 2.75) is 25.4 Å². The van der Waals surface area contributed by atoms with Crippen LogP contribution in [0.1, 0.15) is 29.0 Å². The highest BCUT2D eigenvalue weighted by Crippen LogP contribution is 2.26. The van der Waals surface area contributed by atoms with Crippen molar-refractivity contribution in [3.63, 3.8) is 0 Å². The fraction of sp³-hybridized carbons (Fsp3) is 0.471. The Kier molecular flexibility index (Phi) is 4.89. The Hall–Kier alpha value is -2.61. The fourth-order valence-electron chi connectivity index (χ4n) is 3.17. The van der Waals surface area contributed by atoms with Gasteiger partial charge in [-0.3, -0.25) is 9.78 Å².